The highest BCUT2D eigenvalue weighted by atomic mass is 35.5. The van der Waals surface area contributed by atoms with E-state index in [9.17, 15) is 13.6 Å². The van der Waals surface area contributed by atoms with Crippen molar-refractivity contribution >= 4 is 39.9 Å². The number of amides is 1. The molecule has 1 amide bonds. The highest BCUT2D eigenvalue weighted by Crippen LogP contribution is 2.27. The number of H-pyrrole nitrogens is 1. The summed E-state index contributed by atoms with van der Waals surface area (Å²) in [6.45, 7) is 0.622. The maximum atomic E-state index is 12.8. The molecule has 0 fully saturated rings. The van der Waals surface area contributed by atoms with Crippen molar-refractivity contribution in [2.24, 2.45) is 0 Å². The number of rotatable bonds is 6. The Balaban J connectivity index is 1.45. The van der Waals surface area contributed by atoms with E-state index < -0.39 is 12.2 Å². The molecule has 152 valence electrons. The standard InChI is InChI=1S/C22H17ClF2N4O/c23-16-11-15(7-9-17(16)26-12-13-4-2-1-3-5-13)27-22(30)14-6-8-18-19(10-14)29-21(28-18)20(24)25/h1-11,20,26H,12H2,(H,27,30)(H,28,29). The van der Waals surface area contributed by atoms with Crippen LogP contribution in [0.1, 0.15) is 28.2 Å². The van der Waals surface area contributed by atoms with Gasteiger partial charge in [-0.2, -0.15) is 0 Å². The van der Waals surface area contributed by atoms with Gasteiger partial charge in [-0.1, -0.05) is 41.9 Å². The fourth-order valence-electron chi connectivity index (χ4n) is 3.01. The molecule has 3 aromatic carbocycles. The SMILES string of the molecule is O=C(Nc1ccc(NCc2ccccc2)c(Cl)c1)c1ccc2nc(C(F)F)[nH]c2c1. The molecule has 0 unspecified atom stereocenters. The number of nitrogens with one attached hydrogen (secondary N) is 3. The number of carbonyl (C=O) groups is 1. The van der Waals surface area contributed by atoms with Crippen LogP contribution in [0.3, 0.4) is 0 Å². The number of carbonyl (C=O) groups excluding carboxylic acids is 1. The van der Waals surface area contributed by atoms with Crippen LogP contribution in [-0.4, -0.2) is 15.9 Å². The molecule has 0 saturated heterocycles. The van der Waals surface area contributed by atoms with Crippen LogP contribution in [-0.2, 0) is 6.54 Å². The molecular weight excluding hydrogens is 410 g/mol. The van der Waals surface area contributed by atoms with E-state index in [-0.39, 0.29) is 5.91 Å². The number of fused-ring (bicyclic) bond motifs is 1. The van der Waals surface area contributed by atoms with Crippen LogP contribution in [0, 0.1) is 0 Å². The van der Waals surface area contributed by atoms with Gasteiger partial charge >= 0.3 is 0 Å². The first kappa shape index (κ1) is 19.8. The van der Waals surface area contributed by atoms with Crippen molar-refractivity contribution < 1.29 is 13.6 Å². The van der Waals surface area contributed by atoms with Gasteiger partial charge in [0.15, 0.2) is 5.82 Å². The van der Waals surface area contributed by atoms with Crippen LogP contribution in [0.25, 0.3) is 11.0 Å². The highest BCUT2D eigenvalue weighted by molar-refractivity contribution is 6.33. The van der Waals surface area contributed by atoms with E-state index in [1.807, 2.05) is 30.3 Å². The molecule has 0 spiro atoms. The molecule has 4 rings (SSSR count). The second-order valence-electron chi connectivity index (χ2n) is 6.64. The van der Waals surface area contributed by atoms with Gasteiger partial charge in [0.1, 0.15) is 0 Å². The average molecular weight is 427 g/mol. The Bertz CT molecular complexity index is 1190. The summed E-state index contributed by atoms with van der Waals surface area (Å²) in [4.78, 5) is 18.9. The van der Waals surface area contributed by atoms with Crippen LogP contribution < -0.4 is 10.6 Å². The number of hydrogen-bond acceptors (Lipinski definition) is 3. The summed E-state index contributed by atoms with van der Waals surface area (Å²) in [5.41, 5.74) is 3.45. The minimum Gasteiger partial charge on any atom is -0.380 e. The number of aromatic amines is 1. The number of halogens is 3. The van der Waals surface area contributed by atoms with Gasteiger partial charge in [0, 0.05) is 17.8 Å². The second kappa shape index (κ2) is 8.51. The Morgan fingerprint density at radius 1 is 1.07 bits per heavy atom. The van der Waals surface area contributed by atoms with Crippen molar-refractivity contribution in [1.82, 2.24) is 9.97 Å². The molecule has 1 heterocycles. The van der Waals surface area contributed by atoms with E-state index in [1.54, 1.807) is 18.2 Å². The van der Waals surface area contributed by atoms with Gasteiger partial charge in [0.05, 0.1) is 21.7 Å². The lowest BCUT2D eigenvalue weighted by molar-refractivity contribution is 0.102. The predicted octanol–water partition coefficient (Wildman–Crippen LogP) is 6.02. The first-order valence-corrected chi connectivity index (χ1v) is 9.54. The zero-order valence-corrected chi connectivity index (χ0v) is 16.4. The summed E-state index contributed by atoms with van der Waals surface area (Å²) in [5.74, 6) is -0.806. The van der Waals surface area contributed by atoms with Gasteiger partial charge in [-0.3, -0.25) is 4.79 Å². The number of nitrogens with zero attached hydrogens (tertiary/aromatic N) is 1. The van der Waals surface area contributed by atoms with Gasteiger partial charge in [-0.15, -0.1) is 0 Å². The van der Waals surface area contributed by atoms with Gasteiger partial charge in [-0.05, 0) is 42.0 Å². The summed E-state index contributed by atoms with van der Waals surface area (Å²) in [6, 6.07) is 19.6. The first-order chi connectivity index (χ1) is 14.5. The third-order valence-electron chi connectivity index (χ3n) is 4.52. The summed E-state index contributed by atoms with van der Waals surface area (Å²) >= 11 is 6.34. The minimum absolute atomic E-state index is 0.314. The highest BCUT2D eigenvalue weighted by Gasteiger charge is 2.14. The average Bonchev–Trinajstić information content (AvgIpc) is 3.18. The van der Waals surface area contributed by atoms with E-state index in [4.69, 9.17) is 11.6 Å². The normalized spacial score (nSPS) is 11.1. The lowest BCUT2D eigenvalue weighted by Gasteiger charge is -2.11. The molecule has 0 saturated carbocycles. The number of aromatic nitrogens is 2. The molecule has 0 bridgehead atoms. The third-order valence-corrected chi connectivity index (χ3v) is 4.83. The Morgan fingerprint density at radius 2 is 1.87 bits per heavy atom. The number of anilines is 2. The van der Waals surface area contributed by atoms with E-state index >= 15 is 0 Å². The molecule has 8 heteroatoms. The molecule has 4 aromatic rings. The molecule has 0 radical (unpaired) electrons. The Kier molecular flexibility index (Phi) is 5.63. The molecular formula is C22H17ClF2N4O. The Labute approximate surface area is 176 Å². The predicted molar refractivity (Wildman–Crippen MR) is 114 cm³/mol. The molecule has 0 aliphatic heterocycles. The third kappa shape index (κ3) is 4.41. The minimum atomic E-state index is -2.70. The molecule has 1 aromatic heterocycles. The second-order valence-corrected chi connectivity index (χ2v) is 7.05. The summed E-state index contributed by atoms with van der Waals surface area (Å²) in [6.07, 6.45) is -2.70. The van der Waals surface area contributed by atoms with Crippen LogP contribution in [0.5, 0.6) is 0 Å². The van der Waals surface area contributed by atoms with E-state index in [2.05, 4.69) is 20.6 Å². The van der Waals surface area contributed by atoms with Crippen molar-refractivity contribution in [3.05, 3.63) is 88.7 Å². The Morgan fingerprint density at radius 3 is 2.60 bits per heavy atom. The van der Waals surface area contributed by atoms with Crippen LogP contribution in [0.15, 0.2) is 66.7 Å². The van der Waals surface area contributed by atoms with Crippen molar-refractivity contribution in [3.63, 3.8) is 0 Å². The lowest BCUT2D eigenvalue weighted by atomic mass is 10.1. The van der Waals surface area contributed by atoms with Gasteiger partial charge in [0.2, 0.25) is 0 Å². The monoisotopic (exact) mass is 426 g/mol. The topological polar surface area (TPSA) is 69.8 Å². The van der Waals surface area contributed by atoms with Gasteiger partial charge in [0.25, 0.3) is 12.3 Å². The van der Waals surface area contributed by atoms with E-state index in [0.717, 1.165) is 11.3 Å². The summed E-state index contributed by atoms with van der Waals surface area (Å²) < 4.78 is 25.6. The molecule has 30 heavy (non-hydrogen) atoms. The smallest absolute Gasteiger partial charge is 0.295 e. The van der Waals surface area contributed by atoms with Crippen LogP contribution in [0.2, 0.25) is 5.02 Å². The molecule has 0 atom stereocenters. The van der Waals surface area contributed by atoms with Crippen molar-refractivity contribution in [2.75, 3.05) is 10.6 Å². The lowest BCUT2D eigenvalue weighted by Crippen LogP contribution is -2.12. The molecule has 0 aliphatic carbocycles. The molecule has 3 N–H and O–H groups in total. The van der Waals surface area contributed by atoms with E-state index in [1.165, 1.54) is 18.2 Å². The van der Waals surface area contributed by atoms with Crippen LogP contribution >= 0.6 is 11.6 Å². The molecule has 0 aliphatic rings. The Hall–Kier alpha value is -3.45. The van der Waals surface area contributed by atoms with Gasteiger partial charge < -0.3 is 15.6 Å². The zero-order valence-electron chi connectivity index (χ0n) is 15.6. The number of benzene rings is 3. The largest absolute Gasteiger partial charge is 0.380 e. The summed E-state index contributed by atoms with van der Waals surface area (Å²) in [7, 11) is 0. The fourth-order valence-corrected chi connectivity index (χ4v) is 3.25. The quantitative estimate of drug-likeness (QED) is 0.353. The van der Waals surface area contributed by atoms with Crippen molar-refractivity contribution in [1.29, 1.82) is 0 Å². The van der Waals surface area contributed by atoms with Crippen molar-refractivity contribution in [3.8, 4) is 0 Å². The maximum absolute atomic E-state index is 12.8. The van der Waals surface area contributed by atoms with E-state index in [0.29, 0.717) is 33.9 Å². The maximum Gasteiger partial charge on any atom is 0.295 e. The number of imidazole rings is 1. The van der Waals surface area contributed by atoms with Crippen LogP contribution in [0.4, 0.5) is 20.2 Å². The van der Waals surface area contributed by atoms with Gasteiger partial charge in [-0.25, -0.2) is 13.8 Å². The summed E-state index contributed by atoms with van der Waals surface area (Å²) in [5, 5.41) is 6.48. The zero-order chi connectivity index (χ0) is 21.1. The van der Waals surface area contributed by atoms with Crippen molar-refractivity contribution in [2.45, 2.75) is 13.0 Å². The number of hydrogen-bond donors (Lipinski definition) is 3. The first-order valence-electron chi connectivity index (χ1n) is 9.16. The fraction of sp³-hybridized carbons (Fsp3) is 0.0909. The number of alkyl halides is 2. The molecule has 5 nitrogen and oxygen atoms in total.